The van der Waals surface area contributed by atoms with Gasteiger partial charge in [-0.25, -0.2) is 0 Å². The minimum Gasteiger partial charge on any atom is -0.492 e. The predicted octanol–water partition coefficient (Wildman–Crippen LogP) is 1.82. The van der Waals surface area contributed by atoms with Gasteiger partial charge in [-0.2, -0.15) is 0 Å². The fourth-order valence-electron chi connectivity index (χ4n) is 2.02. The number of anilines is 3. The summed E-state index contributed by atoms with van der Waals surface area (Å²) in [6, 6.07) is 13.5. The first-order valence-electron chi connectivity index (χ1n) is 6.76. The molecule has 0 saturated carbocycles. The van der Waals surface area contributed by atoms with Crippen LogP contribution in [-0.4, -0.2) is 18.4 Å². The normalized spacial score (nSPS) is 10.0. The topological polar surface area (TPSA) is 98.6 Å². The molecule has 0 aliphatic carbocycles. The number of primary amides is 1. The molecule has 6 nitrogen and oxygen atoms in total. The third kappa shape index (κ3) is 3.17. The van der Waals surface area contributed by atoms with E-state index < -0.39 is 11.8 Å². The number of nitrogens with two attached hydrogens (primary N) is 2. The van der Waals surface area contributed by atoms with Crippen LogP contribution in [0, 0.1) is 0 Å². The van der Waals surface area contributed by atoms with Gasteiger partial charge >= 0.3 is 11.8 Å². The van der Waals surface area contributed by atoms with Crippen molar-refractivity contribution in [3.05, 3.63) is 48.5 Å². The highest BCUT2D eigenvalue weighted by Gasteiger charge is 2.25. The van der Waals surface area contributed by atoms with E-state index in [9.17, 15) is 9.59 Å². The fraction of sp³-hybridized carbons (Fsp3) is 0.125. The Bertz CT molecular complexity index is 683. The maximum atomic E-state index is 12.2. The van der Waals surface area contributed by atoms with Gasteiger partial charge in [0.1, 0.15) is 5.75 Å². The van der Waals surface area contributed by atoms with Crippen molar-refractivity contribution in [1.82, 2.24) is 0 Å². The van der Waals surface area contributed by atoms with Crippen molar-refractivity contribution in [3.63, 3.8) is 0 Å². The van der Waals surface area contributed by atoms with Crippen molar-refractivity contribution in [3.8, 4) is 5.75 Å². The Kier molecular flexibility index (Phi) is 4.63. The Hall–Kier alpha value is -3.02. The lowest BCUT2D eigenvalue weighted by Crippen LogP contribution is -2.37. The van der Waals surface area contributed by atoms with Gasteiger partial charge in [-0.1, -0.05) is 12.1 Å². The summed E-state index contributed by atoms with van der Waals surface area (Å²) in [5.74, 6) is -1.42. The first-order valence-corrected chi connectivity index (χ1v) is 6.76. The monoisotopic (exact) mass is 299 g/mol. The summed E-state index contributed by atoms with van der Waals surface area (Å²) in [6.07, 6.45) is 0. The summed E-state index contributed by atoms with van der Waals surface area (Å²) in [7, 11) is 0. The average Bonchev–Trinajstić information content (AvgIpc) is 2.51. The molecular weight excluding hydrogens is 282 g/mol. The number of hydrogen-bond donors (Lipinski definition) is 2. The number of hydrogen-bond acceptors (Lipinski definition) is 4. The molecule has 2 amide bonds. The lowest BCUT2D eigenvalue weighted by atomic mass is 10.2. The highest BCUT2D eigenvalue weighted by Crippen LogP contribution is 2.34. The smallest absolute Gasteiger partial charge is 0.320 e. The Labute approximate surface area is 128 Å². The van der Waals surface area contributed by atoms with E-state index in [4.69, 9.17) is 16.2 Å². The number of ether oxygens (including phenoxy) is 1. The highest BCUT2D eigenvalue weighted by atomic mass is 16.5. The SMILES string of the molecule is CCOc1ccccc1N(C(=O)C(N)=O)c1ccc(N)cc1. The highest BCUT2D eigenvalue weighted by molar-refractivity contribution is 6.41. The molecular formula is C16H17N3O3. The van der Waals surface area contributed by atoms with Crippen LogP contribution in [0.1, 0.15) is 6.92 Å². The number of carbonyl (C=O) groups is 2. The molecule has 2 aromatic carbocycles. The molecule has 0 aliphatic heterocycles. The van der Waals surface area contributed by atoms with Crippen LogP contribution in [0.4, 0.5) is 17.1 Å². The third-order valence-electron chi connectivity index (χ3n) is 2.97. The maximum absolute atomic E-state index is 12.2. The summed E-state index contributed by atoms with van der Waals surface area (Å²) in [4.78, 5) is 24.9. The molecule has 22 heavy (non-hydrogen) atoms. The number of amides is 2. The van der Waals surface area contributed by atoms with Crippen LogP contribution in [-0.2, 0) is 9.59 Å². The number of nitrogens with zero attached hydrogens (tertiary/aromatic N) is 1. The number of rotatable bonds is 4. The Morgan fingerprint density at radius 1 is 1.09 bits per heavy atom. The van der Waals surface area contributed by atoms with Crippen LogP contribution in [0.2, 0.25) is 0 Å². The Morgan fingerprint density at radius 3 is 2.32 bits per heavy atom. The van der Waals surface area contributed by atoms with Crippen LogP contribution in [0.15, 0.2) is 48.5 Å². The van der Waals surface area contributed by atoms with Crippen molar-refractivity contribution < 1.29 is 14.3 Å². The minimum absolute atomic E-state index is 0.428. The van der Waals surface area contributed by atoms with Crippen molar-refractivity contribution in [2.24, 2.45) is 5.73 Å². The summed E-state index contributed by atoms with van der Waals surface area (Å²) >= 11 is 0. The summed E-state index contributed by atoms with van der Waals surface area (Å²) < 4.78 is 5.52. The van der Waals surface area contributed by atoms with Crippen molar-refractivity contribution >= 4 is 28.9 Å². The largest absolute Gasteiger partial charge is 0.492 e. The third-order valence-corrected chi connectivity index (χ3v) is 2.97. The molecule has 0 saturated heterocycles. The molecule has 0 aliphatic rings. The van der Waals surface area contributed by atoms with Crippen LogP contribution in [0.25, 0.3) is 0 Å². The second-order valence-electron chi connectivity index (χ2n) is 4.50. The Morgan fingerprint density at radius 2 is 1.73 bits per heavy atom. The van der Waals surface area contributed by atoms with Gasteiger partial charge in [0.25, 0.3) is 0 Å². The van der Waals surface area contributed by atoms with E-state index in [1.807, 2.05) is 6.92 Å². The lowest BCUT2D eigenvalue weighted by Gasteiger charge is -2.23. The fourth-order valence-corrected chi connectivity index (χ4v) is 2.02. The molecule has 0 bridgehead atoms. The van der Waals surface area contributed by atoms with Crippen molar-refractivity contribution in [2.45, 2.75) is 6.92 Å². The number of para-hydroxylation sites is 2. The summed E-state index contributed by atoms with van der Waals surface area (Å²) in [5.41, 5.74) is 12.3. The second-order valence-corrected chi connectivity index (χ2v) is 4.50. The summed E-state index contributed by atoms with van der Waals surface area (Å²) in [5, 5.41) is 0. The van der Waals surface area contributed by atoms with Crippen molar-refractivity contribution in [1.29, 1.82) is 0 Å². The zero-order chi connectivity index (χ0) is 16.1. The molecule has 0 fully saturated rings. The molecule has 0 aromatic heterocycles. The standard InChI is InChI=1S/C16H17N3O3/c1-2-22-14-6-4-3-5-13(14)19(16(21)15(18)20)12-9-7-11(17)8-10-12/h3-10H,2,17H2,1H3,(H2,18,20). The second kappa shape index (κ2) is 6.62. The van der Waals surface area contributed by atoms with Gasteiger partial charge in [-0.15, -0.1) is 0 Å². The molecule has 0 atom stereocenters. The molecule has 0 heterocycles. The van der Waals surface area contributed by atoms with E-state index in [0.717, 1.165) is 0 Å². The molecule has 0 radical (unpaired) electrons. The maximum Gasteiger partial charge on any atom is 0.320 e. The number of carbonyl (C=O) groups excluding carboxylic acids is 2. The quantitative estimate of drug-likeness (QED) is 0.664. The van der Waals surface area contributed by atoms with Gasteiger partial charge < -0.3 is 16.2 Å². The van der Waals surface area contributed by atoms with Gasteiger partial charge in [-0.3, -0.25) is 14.5 Å². The zero-order valence-corrected chi connectivity index (χ0v) is 12.2. The lowest BCUT2D eigenvalue weighted by molar-refractivity contribution is -0.135. The number of nitrogen functional groups attached to an aromatic ring is 1. The van der Waals surface area contributed by atoms with Crippen LogP contribution in [0.3, 0.4) is 0 Å². The van der Waals surface area contributed by atoms with Gasteiger partial charge in [-0.05, 0) is 43.3 Å². The Balaban J connectivity index is 2.56. The zero-order valence-electron chi connectivity index (χ0n) is 12.2. The predicted molar refractivity (Wildman–Crippen MR) is 84.8 cm³/mol. The van der Waals surface area contributed by atoms with E-state index in [1.54, 1.807) is 48.5 Å². The van der Waals surface area contributed by atoms with E-state index in [-0.39, 0.29) is 0 Å². The van der Waals surface area contributed by atoms with E-state index in [1.165, 1.54) is 4.90 Å². The van der Waals surface area contributed by atoms with Crippen LogP contribution in [0.5, 0.6) is 5.75 Å². The molecule has 2 aromatic rings. The first kappa shape index (κ1) is 15.4. The molecule has 2 rings (SSSR count). The van der Waals surface area contributed by atoms with Gasteiger partial charge in [0, 0.05) is 11.4 Å². The molecule has 0 spiro atoms. The van der Waals surface area contributed by atoms with Crippen molar-refractivity contribution in [2.75, 3.05) is 17.2 Å². The minimum atomic E-state index is -1.05. The van der Waals surface area contributed by atoms with E-state index in [2.05, 4.69) is 0 Å². The van der Waals surface area contributed by atoms with Gasteiger partial charge in [0.2, 0.25) is 0 Å². The van der Waals surface area contributed by atoms with Gasteiger partial charge in [0.15, 0.2) is 0 Å². The molecule has 114 valence electrons. The van der Waals surface area contributed by atoms with E-state index >= 15 is 0 Å². The molecule has 4 N–H and O–H groups in total. The molecule has 0 unspecified atom stereocenters. The number of benzene rings is 2. The van der Waals surface area contributed by atoms with Gasteiger partial charge in [0.05, 0.1) is 12.3 Å². The van der Waals surface area contributed by atoms with Crippen LogP contribution >= 0.6 is 0 Å². The summed E-state index contributed by atoms with van der Waals surface area (Å²) in [6.45, 7) is 2.26. The van der Waals surface area contributed by atoms with Crippen LogP contribution < -0.4 is 21.1 Å². The van der Waals surface area contributed by atoms with E-state index in [0.29, 0.717) is 29.4 Å². The first-order chi connectivity index (χ1) is 10.5. The molecule has 6 heteroatoms. The average molecular weight is 299 g/mol.